The lowest BCUT2D eigenvalue weighted by atomic mass is 10.0. The number of amides is 1. The van der Waals surface area contributed by atoms with Crippen molar-refractivity contribution in [2.45, 2.75) is 45.4 Å². The Bertz CT molecular complexity index is 2170. The fourth-order valence-electron chi connectivity index (χ4n) is 5.64. The van der Waals surface area contributed by atoms with Crippen LogP contribution in [0.3, 0.4) is 0 Å². The Morgan fingerprint density at radius 3 is 1.87 bits per heavy atom. The molecule has 0 N–H and O–H groups in total. The van der Waals surface area contributed by atoms with Crippen LogP contribution >= 0.6 is 11.9 Å². The van der Waals surface area contributed by atoms with Gasteiger partial charge in [-0.3, -0.25) is 4.79 Å². The molecule has 6 aromatic carbocycles. The molecule has 1 amide bonds. The normalized spacial score (nSPS) is 10.5. The van der Waals surface area contributed by atoms with Crippen molar-refractivity contribution in [1.82, 2.24) is 4.31 Å². The van der Waals surface area contributed by atoms with Gasteiger partial charge in [0.05, 0.1) is 24.7 Å². The summed E-state index contributed by atoms with van der Waals surface area (Å²) in [5, 5.41) is 9.19. The van der Waals surface area contributed by atoms with Crippen molar-refractivity contribution in [2.24, 2.45) is 0 Å². The maximum atomic E-state index is 14.2. The van der Waals surface area contributed by atoms with Crippen molar-refractivity contribution in [3.8, 4) is 22.9 Å². The van der Waals surface area contributed by atoms with Gasteiger partial charge in [0.15, 0.2) is 0 Å². The Hall–Kier alpha value is -6.14. The lowest BCUT2D eigenvalue weighted by Crippen LogP contribution is -2.37. The molecular weight excluding hydrogens is 703 g/mol. The summed E-state index contributed by atoms with van der Waals surface area (Å²) in [4.78, 5) is 30.5. The van der Waals surface area contributed by atoms with Gasteiger partial charge in [-0.2, -0.15) is 5.26 Å². The molecule has 7 nitrogen and oxygen atoms in total. The van der Waals surface area contributed by atoms with Crippen LogP contribution < -0.4 is 9.64 Å². The number of esters is 1. The van der Waals surface area contributed by atoms with Gasteiger partial charge in [0.25, 0.3) is 0 Å². The second-order valence-electron chi connectivity index (χ2n) is 12.6. The average molecular weight is 748 g/mol. The van der Waals surface area contributed by atoms with E-state index in [0.717, 1.165) is 32.7 Å². The minimum absolute atomic E-state index is 0.119. The van der Waals surface area contributed by atoms with Crippen molar-refractivity contribution in [3.05, 3.63) is 185 Å². The average Bonchev–Trinajstić information content (AvgIpc) is 3.23. The van der Waals surface area contributed by atoms with Gasteiger partial charge in [-0.05, 0) is 90.1 Å². The fourth-order valence-corrected chi connectivity index (χ4v) is 6.43. The van der Waals surface area contributed by atoms with E-state index in [1.165, 1.54) is 17.5 Å². The van der Waals surface area contributed by atoms with Crippen LogP contribution in [0.1, 0.15) is 52.0 Å². The standard InChI is InChI=1S/C45H39N3O4S.C2H6/c1-33-13-24-41(25-14-33)53-47(2)30-44(49)48(29-35-17-21-39(22-18-35)38-19-15-34(28-46)16-20-38)40-23-26-42(45(50)52-32-37-11-7-4-8-12-37)43(27-40)51-31-36-9-5-3-6-10-36;1-2/h3-27H,29-32H2,1-2H3;1-2H3. The predicted octanol–water partition coefficient (Wildman–Crippen LogP) is 10.7. The third kappa shape index (κ3) is 11.7. The summed E-state index contributed by atoms with van der Waals surface area (Å²) in [6, 6.07) is 50.2. The van der Waals surface area contributed by atoms with Crippen molar-refractivity contribution < 1.29 is 19.1 Å². The van der Waals surface area contributed by atoms with Gasteiger partial charge in [0.1, 0.15) is 24.5 Å². The van der Waals surface area contributed by atoms with Crippen molar-refractivity contribution in [2.75, 3.05) is 18.5 Å². The highest BCUT2D eigenvalue weighted by Gasteiger charge is 2.23. The summed E-state index contributed by atoms with van der Waals surface area (Å²) in [6.07, 6.45) is 0. The highest BCUT2D eigenvalue weighted by atomic mass is 32.2. The molecule has 0 fully saturated rings. The molecule has 0 aromatic heterocycles. The van der Waals surface area contributed by atoms with Crippen LogP contribution in [0.2, 0.25) is 0 Å². The summed E-state index contributed by atoms with van der Waals surface area (Å²) in [5.41, 5.74) is 7.35. The lowest BCUT2D eigenvalue weighted by Gasteiger charge is -2.26. The molecule has 0 aliphatic carbocycles. The minimum atomic E-state index is -0.519. The van der Waals surface area contributed by atoms with E-state index in [4.69, 9.17) is 9.47 Å². The summed E-state index contributed by atoms with van der Waals surface area (Å²) < 4.78 is 13.9. The Balaban J connectivity index is 0.00000285. The van der Waals surface area contributed by atoms with Gasteiger partial charge in [-0.25, -0.2) is 9.10 Å². The maximum Gasteiger partial charge on any atom is 0.342 e. The van der Waals surface area contributed by atoms with Crippen LogP contribution in [0, 0.1) is 18.3 Å². The number of hydrogen-bond acceptors (Lipinski definition) is 7. The van der Waals surface area contributed by atoms with Crippen LogP contribution in [0.15, 0.2) is 157 Å². The number of hydrogen-bond donors (Lipinski definition) is 0. The molecule has 0 bridgehead atoms. The highest BCUT2D eigenvalue weighted by Crippen LogP contribution is 2.31. The topological polar surface area (TPSA) is 82.9 Å². The molecule has 55 heavy (non-hydrogen) atoms. The molecular formula is C47H45N3O4S. The number of likely N-dealkylation sites (N-methyl/N-ethyl adjacent to an activating group) is 1. The number of rotatable bonds is 14. The number of carbonyl (C=O) groups is 2. The smallest absolute Gasteiger partial charge is 0.342 e. The van der Waals surface area contributed by atoms with Crippen LogP contribution in [-0.4, -0.2) is 29.8 Å². The van der Waals surface area contributed by atoms with E-state index in [9.17, 15) is 14.9 Å². The van der Waals surface area contributed by atoms with E-state index >= 15 is 0 Å². The van der Waals surface area contributed by atoms with Gasteiger partial charge >= 0.3 is 5.97 Å². The maximum absolute atomic E-state index is 14.2. The first-order chi connectivity index (χ1) is 26.8. The zero-order valence-corrected chi connectivity index (χ0v) is 32.5. The number of nitriles is 1. The molecule has 0 spiro atoms. The number of benzene rings is 6. The molecule has 0 saturated heterocycles. The van der Waals surface area contributed by atoms with Gasteiger partial charge < -0.3 is 14.4 Å². The Morgan fingerprint density at radius 2 is 1.27 bits per heavy atom. The molecule has 0 aliphatic heterocycles. The first kappa shape index (κ1) is 40.1. The monoisotopic (exact) mass is 747 g/mol. The summed E-state index contributed by atoms with van der Waals surface area (Å²) in [5.74, 6) is -0.327. The summed E-state index contributed by atoms with van der Waals surface area (Å²) in [6.45, 7) is 6.80. The molecule has 8 heteroatoms. The minimum Gasteiger partial charge on any atom is -0.488 e. The fraction of sp³-hybridized carbons (Fsp3) is 0.170. The molecule has 0 radical (unpaired) electrons. The molecule has 0 atom stereocenters. The molecule has 0 aliphatic rings. The Morgan fingerprint density at radius 1 is 0.691 bits per heavy atom. The first-order valence-corrected chi connectivity index (χ1v) is 19.0. The number of aryl methyl sites for hydroxylation is 1. The van der Waals surface area contributed by atoms with Crippen molar-refractivity contribution in [3.63, 3.8) is 0 Å². The molecule has 6 rings (SSSR count). The predicted molar refractivity (Wildman–Crippen MR) is 222 cm³/mol. The van der Waals surface area contributed by atoms with E-state index in [1.807, 2.05) is 141 Å². The number of anilines is 1. The quantitative estimate of drug-likeness (QED) is 0.0810. The third-order valence-electron chi connectivity index (χ3n) is 8.53. The summed E-state index contributed by atoms with van der Waals surface area (Å²) in [7, 11) is 1.90. The van der Waals surface area contributed by atoms with Gasteiger partial charge in [0, 0.05) is 16.6 Å². The molecule has 278 valence electrons. The third-order valence-corrected chi connectivity index (χ3v) is 9.45. The number of carbonyl (C=O) groups excluding carboxylic acids is 2. The zero-order chi connectivity index (χ0) is 39.0. The van der Waals surface area contributed by atoms with E-state index in [1.54, 1.807) is 35.2 Å². The highest BCUT2D eigenvalue weighted by molar-refractivity contribution is 7.97. The van der Waals surface area contributed by atoms with Crippen LogP contribution in [-0.2, 0) is 29.3 Å². The zero-order valence-electron chi connectivity index (χ0n) is 31.6. The number of nitrogens with zero attached hydrogens (tertiary/aromatic N) is 3. The lowest BCUT2D eigenvalue weighted by molar-refractivity contribution is -0.118. The second kappa shape index (κ2) is 20.4. The summed E-state index contributed by atoms with van der Waals surface area (Å²) >= 11 is 1.50. The van der Waals surface area contributed by atoms with Crippen LogP contribution in [0.4, 0.5) is 5.69 Å². The SMILES string of the molecule is CC.Cc1ccc(SN(C)CC(=O)N(Cc2ccc(-c3ccc(C#N)cc3)cc2)c2ccc(C(=O)OCc3ccccc3)c(OCc3ccccc3)c2)cc1. The Labute approximate surface area is 328 Å². The van der Waals surface area contributed by atoms with E-state index < -0.39 is 5.97 Å². The van der Waals surface area contributed by atoms with Crippen molar-refractivity contribution >= 4 is 29.5 Å². The van der Waals surface area contributed by atoms with Crippen LogP contribution in [0.5, 0.6) is 5.75 Å². The van der Waals surface area contributed by atoms with Gasteiger partial charge in [0.2, 0.25) is 5.91 Å². The molecule has 0 heterocycles. The first-order valence-electron chi connectivity index (χ1n) is 18.2. The number of ether oxygens (including phenoxy) is 2. The van der Waals surface area contributed by atoms with Crippen molar-refractivity contribution in [1.29, 1.82) is 5.26 Å². The second-order valence-corrected chi connectivity index (χ2v) is 13.9. The van der Waals surface area contributed by atoms with E-state index in [2.05, 4.69) is 18.2 Å². The molecule has 6 aromatic rings. The van der Waals surface area contributed by atoms with Gasteiger partial charge in [-0.15, -0.1) is 0 Å². The van der Waals surface area contributed by atoms with Gasteiger partial charge in [-0.1, -0.05) is 129 Å². The Kier molecular flexibility index (Phi) is 14.8. The van der Waals surface area contributed by atoms with E-state index in [0.29, 0.717) is 17.0 Å². The molecule has 0 unspecified atom stereocenters. The van der Waals surface area contributed by atoms with Crippen LogP contribution in [0.25, 0.3) is 11.1 Å². The molecule has 0 saturated carbocycles. The van der Waals surface area contributed by atoms with E-state index in [-0.39, 0.29) is 37.8 Å². The largest absolute Gasteiger partial charge is 0.488 e.